The summed E-state index contributed by atoms with van der Waals surface area (Å²) in [5, 5.41) is 0. The molecule has 0 unspecified atom stereocenters. The molecule has 0 nitrogen and oxygen atoms in total. The van der Waals surface area contributed by atoms with E-state index in [1.165, 1.54) is 22.3 Å². The first-order valence-electron chi connectivity index (χ1n) is 4.53. The van der Waals surface area contributed by atoms with E-state index in [9.17, 15) is 0 Å². The molecule has 0 aromatic heterocycles. The predicted molar refractivity (Wildman–Crippen MR) is 66.3 cm³/mol. The average Bonchev–Trinajstić information content (AvgIpc) is 2.56. The molecular weight excluding hydrogens is 359 g/mol. The zero-order valence-corrected chi connectivity index (χ0v) is 13.3. The van der Waals surface area contributed by atoms with E-state index in [2.05, 4.69) is 42.5 Å². The fraction of sp³-hybridized carbons (Fsp3) is 0.0667. The summed E-state index contributed by atoms with van der Waals surface area (Å²) in [4.78, 5) is 0. The van der Waals surface area contributed by atoms with Gasteiger partial charge in [0, 0.05) is 0 Å². The molecule has 0 saturated carbocycles. The molecule has 3 rings (SSSR count). The molecule has 1 heteroatoms. The van der Waals surface area contributed by atoms with Crippen LogP contribution in [0.25, 0.3) is 11.1 Å². The van der Waals surface area contributed by atoms with Gasteiger partial charge in [-0.2, -0.15) is 29.8 Å². The molecule has 0 amide bonds. The summed E-state index contributed by atoms with van der Waals surface area (Å²) in [7, 11) is 0. The third kappa shape index (κ3) is 2.35. The molecule has 0 aliphatic heterocycles. The van der Waals surface area contributed by atoms with Crippen LogP contribution in [0.4, 0.5) is 0 Å². The van der Waals surface area contributed by atoms with Gasteiger partial charge in [-0.05, 0) is 6.42 Å². The van der Waals surface area contributed by atoms with Gasteiger partial charge < -0.3 is 14.9 Å². The van der Waals surface area contributed by atoms with Gasteiger partial charge in [0.25, 0.3) is 0 Å². The van der Waals surface area contributed by atoms with E-state index < -0.39 is 0 Å². The Labute approximate surface area is 117 Å². The van der Waals surface area contributed by atoms with Gasteiger partial charge in [0.2, 0.25) is 0 Å². The van der Waals surface area contributed by atoms with Crippen molar-refractivity contribution in [3.63, 3.8) is 0 Å². The minimum Gasteiger partial charge on any atom is -0.358 e. The molecule has 0 spiro atoms. The normalized spacial score (nSPS) is 10.0. The van der Waals surface area contributed by atoms with Crippen molar-refractivity contribution in [2.75, 3.05) is 0 Å². The number of fused-ring (bicyclic) bond motifs is 3. The summed E-state index contributed by atoms with van der Waals surface area (Å²) in [6.07, 6.45) is 1.05. The largest absolute Gasteiger partial charge is 4.00 e. The van der Waals surface area contributed by atoms with E-state index in [-0.39, 0.29) is 40.7 Å². The second kappa shape index (κ2) is 6.15. The van der Waals surface area contributed by atoms with Crippen molar-refractivity contribution in [2.45, 2.75) is 6.42 Å². The molecular formula is C15H15Hf+. The number of hydrogen-bond acceptors (Lipinski definition) is 0. The smallest absolute Gasteiger partial charge is 0.358 e. The summed E-state index contributed by atoms with van der Waals surface area (Å²) in [5.74, 6) is 0. The summed E-state index contributed by atoms with van der Waals surface area (Å²) >= 11 is 0. The second-order valence-corrected chi connectivity index (χ2v) is 3.40. The first-order chi connectivity index (χ1) is 6.45. The van der Waals surface area contributed by atoms with Crippen LogP contribution < -0.4 is 0 Å². The van der Waals surface area contributed by atoms with Crippen molar-refractivity contribution in [3.05, 3.63) is 74.5 Å². The van der Waals surface area contributed by atoms with Crippen LogP contribution in [-0.2, 0) is 32.3 Å². The van der Waals surface area contributed by atoms with Crippen LogP contribution in [-0.4, -0.2) is 0 Å². The molecule has 0 atom stereocenters. The monoisotopic (exact) mass is 375 g/mol. The van der Waals surface area contributed by atoms with E-state index in [0.29, 0.717) is 0 Å². The minimum absolute atomic E-state index is 0. The molecule has 0 heterocycles. The Morgan fingerprint density at radius 3 is 2.38 bits per heavy atom. The Hall–Kier alpha value is -0.690. The van der Waals surface area contributed by atoms with Gasteiger partial charge in [0.1, 0.15) is 0 Å². The SMILES string of the molecule is [CH3-].[CH3-].[Hf+4].[c-]1cccc2c1Cc1ccccc1-2. The number of hydrogen-bond donors (Lipinski definition) is 0. The van der Waals surface area contributed by atoms with Crippen molar-refractivity contribution >= 4 is 0 Å². The van der Waals surface area contributed by atoms with Gasteiger partial charge in [-0.1, -0.05) is 35.4 Å². The van der Waals surface area contributed by atoms with Crippen molar-refractivity contribution in [1.29, 1.82) is 0 Å². The predicted octanol–water partition coefficient (Wildman–Crippen LogP) is 3.96. The first-order valence-corrected chi connectivity index (χ1v) is 4.53. The van der Waals surface area contributed by atoms with Crippen LogP contribution in [0.1, 0.15) is 11.1 Å². The van der Waals surface area contributed by atoms with Crippen molar-refractivity contribution in [1.82, 2.24) is 0 Å². The molecule has 0 radical (unpaired) electrons. The molecule has 0 saturated heterocycles. The maximum absolute atomic E-state index is 3.30. The van der Waals surface area contributed by atoms with Crippen LogP contribution >= 0.6 is 0 Å². The van der Waals surface area contributed by atoms with Crippen LogP contribution in [0, 0.1) is 20.9 Å². The molecule has 0 fully saturated rings. The quantitative estimate of drug-likeness (QED) is 0.413. The summed E-state index contributed by atoms with van der Waals surface area (Å²) in [6, 6.07) is 18.1. The summed E-state index contributed by atoms with van der Waals surface area (Å²) in [6.45, 7) is 0. The molecule has 2 aromatic carbocycles. The first kappa shape index (κ1) is 15.3. The zero-order valence-electron chi connectivity index (χ0n) is 9.75. The third-order valence-electron chi connectivity index (χ3n) is 2.62. The average molecular weight is 374 g/mol. The Balaban J connectivity index is 0.000000750. The van der Waals surface area contributed by atoms with Crippen LogP contribution in [0.5, 0.6) is 0 Å². The Kier molecular flexibility index (Phi) is 5.88. The second-order valence-electron chi connectivity index (χ2n) is 3.40. The van der Waals surface area contributed by atoms with Crippen molar-refractivity contribution in [2.24, 2.45) is 0 Å². The topological polar surface area (TPSA) is 0 Å². The van der Waals surface area contributed by atoms with E-state index >= 15 is 0 Å². The van der Waals surface area contributed by atoms with Crippen LogP contribution in [0.3, 0.4) is 0 Å². The Bertz CT molecular complexity index is 417. The fourth-order valence-electron chi connectivity index (χ4n) is 2.00. The van der Waals surface area contributed by atoms with Gasteiger partial charge >= 0.3 is 25.8 Å². The van der Waals surface area contributed by atoms with Gasteiger partial charge in [0.15, 0.2) is 0 Å². The maximum Gasteiger partial charge on any atom is 4.00 e. The molecule has 16 heavy (non-hydrogen) atoms. The Morgan fingerprint density at radius 1 is 0.875 bits per heavy atom. The maximum atomic E-state index is 3.30. The van der Waals surface area contributed by atoms with E-state index in [1.54, 1.807) is 0 Å². The molecule has 1 aliphatic carbocycles. The minimum atomic E-state index is 0. The molecule has 0 bridgehead atoms. The molecule has 78 valence electrons. The van der Waals surface area contributed by atoms with Crippen LogP contribution in [0.15, 0.2) is 42.5 Å². The summed E-state index contributed by atoms with van der Waals surface area (Å²) in [5.41, 5.74) is 5.51. The van der Waals surface area contributed by atoms with Gasteiger partial charge in [-0.15, -0.1) is 5.56 Å². The number of benzene rings is 2. The van der Waals surface area contributed by atoms with Gasteiger partial charge in [-0.3, -0.25) is 0 Å². The van der Waals surface area contributed by atoms with E-state index in [0.717, 1.165) is 6.42 Å². The van der Waals surface area contributed by atoms with Gasteiger partial charge in [0.05, 0.1) is 0 Å². The van der Waals surface area contributed by atoms with Gasteiger partial charge in [-0.25, -0.2) is 0 Å². The zero-order chi connectivity index (χ0) is 8.67. The van der Waals surface area contributed by atoms with E-state index in [1.807, 2.05) is 6.07 Å². The fourth-order valence-corrected chi connectivity index (χ4v) is 2.00. The molecule has 1 aliphatic rings. The van der Waals surface area contributed by atoms with E-state index in [4.69, 9.17) is 0 Å². The van der Waals surface area contributed by atoms with Crippen LogP contribution in [0.2, 0.25) is 0 Å². The standard InChI is InChI=1S/C13H9.2CH3.Hf/c1-3-7-12-10(5-1)9-11-6-2-4-8-13(11)12;;;/h1-5,7-8H,9H2;2*1H3;/q3*-1;+4. The number of rotatable bonds is 0. The molecule has 2 aromatic rings. The van der Waals surface area contributed by atoms with Crippen molar-refractivity contribution in [3.8, 4) is 11.1 Å². The third-order valence-corrected chi connectivity index (χ3v) is 2.62. The molecule has 0 N–H and O–H groups in total. The Morgan fingerprint density at radius 2 is 1.56 bits per heavy atom. The summed E-state index contributed by atoms with van der Waals surface area (Å²) < 4.78 is 0. The van der Waals surface area contributed by atoms with Crippen molar-refractivity contribution < 1.29 is 25.8 Å².